The van der Waals surface area contributed by atoms with Gasteiger partial charge in [-0.2, -0.15) is 0 Å². The molecule has 3 rings (SSSR count). The van der Waals surface area contributed by atoms with Crippen molar-refractivity contribution in [2.45, 2.75) is 37.6 Å². The first-order chi connectivity index (χ1) is 6.80. The van der Waals surface area contributed by atoms with Crippen molar-refractivity contribution in [2.24, 2.45) is 0 Å². The van der Waals surface area contributed by atoms with Crippen LogP contribution in [-0.4, -0.2) is 27.9 Å². The van der Waals surface area contributed by atoms with E-state index in [1.165, 1.54) is 25.1 Å². The van der Waals surface area contributed by atoms with E-state index in [2.05, 4.69) is 27.0 Å². The molecule has 1 aromatic rings. The molecule has 4 nitrogen and oxygen atoms in total. The van der Waals surface area contributed by atoms with Gasteiger partial charge in [-0.15, -0.1) is 10.2 Å². The average molecular weight is 192 g/mol. The van der Waals surface area contributed by atoms with Gasteiger partial charge in [-0.25, -0.2) is 0 Å². The summed E-state index contributed by atoms with van der Waals surface area (Å²) in [4.78, 5) is 0. The van der Waals surface area contributed by atoms with Crippen LogP contribution in [0.25, 0.3) is 0 Å². The number of nitrogens with one attached hydrogen (secondary N) is 1. The van der Waals surface area contributed by atoms with E-state index < -0.39 is 0 Å². The highest BCUT2D eigenvalue weighted by Crippen LogP contribution is 2.39. The molecule has 0 amide bonds. The normalized spacial score (nSPS) is 32.4. The molecule has 0 bridgehead atoms. The molecule has 1 aliphatic heterocycles. The Balaban J connectivity index is 1.97. The molecule has 76 valence electrons. The molecular formula is C10H16N4. The SMILES string of the molecule is CC1(c2nncn2C2CC2)CCNC1. The van der Waals surface area contributed by atoms with Gasteiger partial charge < -0.3 is 9.88 Å². The summed E-state index contributed by atoms with van der Waals surface area (Å²) in [5, 5.41) is 11.8. The molecule has 1 aromatic heterocycles. The topological polar surface area (TPSA) is 42.7 Å². The zero-order valence-corrected chi connectivity index (χ0v) is 8.53. The molecule has 1 atom stereocenters. The molecule has 0 radical (unpaired) electrons. The first-order valence-corrected chi connectivity index (χ1v) is 5.40. The van der Waals surface area contributed by atoms with Crippen molar-refractivity contribution in [3.63, 3.8) is 0 Å². The molecule has 0 aromatic carbocycles. The van der Waals surface area contributed by atoms with E-state index >= 15 is 0 Å². The standard InChI is InChI=1S/C10H16N4/c1-10(4-5-11-6-10)9-13-12-7-14(9)8-2-3-8/h7-8,11H,2-6H2,1H3. The summed E-state index contributed by atoms with van der Waals surface area (Å²) in [6, 6.07) is 0.692. The van der Waals surface area contributed by atoms with E-state index in [0.29, 0.717) is 6.04 Å². The van der Waals surface area contributed by atoms with Crippen LogP contribution in [-0.2, 0) is 5.41 Å². The summed E-state index contributed by atoms with van der Waals surface area (Å²) in [5.41, 5.74) is 0.207. The third-order valence-corrected chi connectivity index (χ3v) is 3.42. The Labute approximate surface area is 83.7 Å². The summed E-state index contributed by atoms with van der Waals surface area (Å²) in [6.07, 6.45) is 5.68. The van der Waals surface area contributed by atoms with E-state index in [-0.39, 0.29) is 5.41 Å². The fourth-order valence-corrected chi connectivity index (χ4v) is 2.30. The highest BCUT2D eigenvalue weighted by atomic mass is 15.3. The van der Waals surface area contributed by atoms with Crippen molar-refractivity contribution in [3.8, 4) is 0 Å². The van der Waals surface area contributed by atoms with Gasteiger partial charge in [0.15, 0.2) is 0 Å². The molecule has 14 heavy (non-hydrogen) atoms. The Hall–Kier alpha value is -0.900. The van der Waals surface area contributed by atoms with Crippen LogP contribution in [0.2, 0.25) is 0 Å². The molecule has 2 aliphatic rings. The fourth-order valence-electron chi connectivity index (χ4n) is 2.30. The van der Waals surface area contributed by atoms with Crippen LogP contribution in [0, 0.1) is 0 Å². The summed E-state index contributed by atoms with van der Waals surface area (Å²) in [6.45, 7) is 4.43. The van der Waals surface area contributed by atoms with Gasteiger partial charge in [0.25, 0.3) is 0 Å². The van der Waals surface area contributed by atoms with Crippen molar-refractivity contribution in [2.75, 3.05) is 13.1 Å². The van der Waals surface area contributed by atoms with E-state index in [1.54, 1.807) is 0 Å². The van der Waals surface area contributed by atoms with Crippen molar-refractivity contribution in [1.82, 2.24) is 20.1 Å². The van der Waals surface area contributed by atoms with Crippen LogP contribution < -0.4 is 5.32 Å². The quantitative estimate of drug-likeness (QED) is 0.756. The van der Waals surface area contributed by atoms with Crippen LogP contribution in [0.4, 0.5) is 0 Å². The Morgan fingerprint density at radius 1 is 1.57 bits per heavy atom. The van der Waals surface area contributed by atoms with E-state index in [0.717, 1.165) is 13.1 Å². The highest BCUT2D eigenvalue weighted by Gasteiger charge is 2.38. The number of aromatic nitrogens is 3. The number of hydrogen-bond acceptors (Lipinski definition) is 3. The van der Waals surface area contributed by atoms with Crippen molar-refractivity contribution in [3.05, 3.63) is 12.2 Å². The number of hydrogen-bond donors (Lipinski definition) is 1. The summed E-state index contributed by atoms with van der Waals surface area (Å²) >= 11 is 0. The van der Waals surface area contributed by atoms with E-state index in [4.69, 9.17) is 0 Å². The molecule has 1 saturated carbocycles. The van der Waals surface area contributed by atoms with Crippen LogP contribution in [0.15, 0.2) is 6.33 Å². The van der Waals surface area contributed by atoms with Gasteiger partial charge in [0, 0.05) is 18.0 Å². The zero-order chi connectivity index (χ0) is 9.60. The molecule has 2 heterocycles. The third-order valence-electron chi connectivity index (χ3n) is 3.42. The Morgan fingerprint density at radius 2 is 2.43 bits per heavy atom. The minimum atomic E-state index is 0.207. The molecule has 0 spiro atoms. The van der Waals surface area contributed by atoms with Gasteiger partial charge in [-0.05, 0) is 25.8 Å². The predicted molar refractivity (Wildman–Crippen MR) is 53.1 cm³/mol. The largest absolute Gasteiger partial charge is 0.316 e. The summed E-state index contributed by atoms with van der Waals surface area (Å²) < 4.78 is 2.28. The molecule has 1 unspecified atom stereocenters. The van der Waals surface area contributed by atoms with Crippen LogP contribution >= 0.6 is 0 Å². The minimum Gasteiger partial charge on any atom is -0.316 e. The van der Waals surface area contributed by atoms with Crippen molar-refractivity contribution in [1.29, 1.82) is 0 Å². The Bertz CT molecular complexity index is 334. The molecule has 1 N–H and O–H groups in total. The lowest BCUT2D eigenvalue weighted by molar-refractivity contribution is 0.456. The third kappa shape index (κ3) is 1.17. The van der Waals surface area contributed by atoms with E-state index in [1.807, 2.05) is 6.33 Å². The lowest BCUT2D eigenvalue weighted by Crippen LogP contribution is -2.28. The lowest BCUT2D eigenvalue weighted by Gasteiger charge is -2.22. The fraction of sp³-hybridized carbons (Fsp3) is 0.800. The highest BCUT2D eigenvalue weighted by molar-refractivity contribution is 5.12. The van der Waals surface area contributed by atoms with Gasteiger partial charge in [-0.3, -0.25) is 0 Å². The molecular weight excluding hydrogens is 176 g/mol. The maximum Gasteiger partial charge on any atom is 0.140 e. The zero-order valence-electron chi connectivity index (χ0n) is 8.53. The summed E-state index contributed by atoms with van der Waals surface area (Å²) in [5.74, 6) is 1.19. The lowest BCUT2D eigenvalue weighted by atomic mass is 9.89. The van der Waals surface area contributed by atoms with Crippen LogP contribution in [0.5, 0.6) is 0 Å². The van der Waals surface area contributed by atoms with Gasteiger partial charge in [0.05, 0.1) is 0 Å². The maximum absolute atomic E-state index is 4.30. The maximum atomic E-state index is 4.30. The minimum absolute atomic E-state index is 0.207. The van der Waals surface area contributed by atoms with Gasteiger partial charge in [0.1, 0.15) is 12.2 Å². The second kappa shape index (κ2) is 2.79. The van der Waals surface area contributed by atoms with Crippen molar-refractivity contribution < 1.29 is 0 Å². The van der Waals surface area contributed by atoms with Crippen LogP contribution in [0.1, 0.15) is 38.1 Å². The Kier molecular flexibility index (Phi) is 1.68. The predicted octanol–water partition coefficient (Wildman–Crippen LogP) is 0.864. The summed E-state index contributed by atoms with van der Waals surface area (Å²) in [7, 11) is 0. The monoisotopic (exact) mass is 192 g/mol. The molecule has 4 heteroatoms. The van der Waals surface area contributed by atoms with E-state index in [9.17, 15) is 0 Å². The van der Waals surface area contributed by atoms with Crippen LogP contribution in [0.3, 0.4) is 0 Å². The molecule has 1 aliphatic carbocycles. The first-order valence-electron chi connectivity index (χ1n) is 5.40. The number of nitrogens with zero attached hydrogens (tertiary/aromatic N) is 3. The average Bonchev–Trinajstić information content (AvgIpc) is 2.75. The van der Waals surface area contributed by atoms with Gasteiger partial charge in [-0.1, -0.05) is 6.92 Å². The Morgan fingerprint density at radius 3 is 3.07 bits per heavy atom. The van der Waals surface area contributed by atoms with Gasteiger partial charge >= 0.3 is 0 Å². The van der Waals surface area contributed by atoms with Gasteiger partial charge in [0.2, 0.25) is 0 Å². The molecule has 2 fully saturated rings. The number of rotatable bonds is 2. The molecule has 1 saturated heterocycles. The van der Waals surface area contributed by atoms with Crippen molar-refractivity contribution >= 4 is 0 Å². The first kappa shape index (κ1) is 8.41. The second-order valence-corrected chi connectivity index (χ2v) is 4.78. The smallest absolute Gasteiger partial charge is 0.140 e. The second-order valence-electron chi connectivity index (χ2n) is 4.78.